The summed E-state index contributed by atoms with van der Waals surface area (Å²) in [6.45, 7) is 6.23. The highest BCUT2D eigenvalue weighted by atomic mass is 16.5. The summed E-state index contributed by atoms with van der Waals surface area (Å²) in [5, 5.41) is 14.3. The standard InChI is InChI=1S/C22H27N3O/c1-13-9-10-19-17(11-13)21(20-14(2)25-26-15(20)3)18(12-23)22(24-19)16-7-5-4-6-8-16/h13,16H,4-11H2,1-3H3. The Morgan fingerprint density at radius 1 is 1.08 bits per heavy atom. The molecule has 26 heavy (non-hydrogen) atoms. The number of pyridine rings is 1. The van der Waals surface area contributed by atoms with Crippen molar-refractivity contribution in [1.82, 2.24) is 10.1 Å². The summed E-state index contributed by atoms with van der Waals surface area (Å²) in [5.41, 5.74) is 7.24. The Labute approximate surface area is 155 Å². The molecule has 1 atom stereocenters. The van der Waals surface area contributed by atoms with Crippen molar-refractivity contribution in [1.29, 1.82) is 5.26 Å². The van der Waals surface area contributed by atoms with E-state index in [4.69, 9.17) is 9.51 Å². The van der Waals surface area contributed by atoms with Crippen molar-refractivity contribution in [2.75, 3.05) is 0 Å². The molecule has 136 valence electrons. The van der Waals surface area contributed by atoms with Crippen LogP contribution in [0.1, 0.15) is 85.3 Å². The molecule has 2 aliphatic rings. The summed E-state index contributed by atoms with van der Waals surface area (Å²) in [4.78, 5) is 5.10. The van der Waals surface area contributed by atoms with Crippen molar-refractivity contribution in [2.24, 2.45) is 5.92 Å². The van der Waals surface area contributed by atoms with Crippen LogP contribution >= 0.6 is 0 Å². The van der Waals surface area contributed by atoms with E-state index in [9.17, 15) is 5.26 Å². The van der Waals surface area contributed by atoms with E-state index >= 15 is 0 Å². The molecule has 4 rings (SSSR count). The van der Waals surface area contributed by atoms with E-state index < -0.39 is 0 Å². The van der Waals surface area contributed by atoms with E-state index in [1.54, 1.807) is 0 Å². The highest BCUT2D eigenvalue weighted by Crippen LogP contribution is 2.43. The van der Waals surface area contributed by atoms with Gasteiger partial charge >= 0.3 is 0 Å². The topological polar surface area (TPSA) is 62.7 Å². The second kappa shape index (κ2) is 6.87. The lowest BCUT2D eigenvalue weighted by atomic mass is 9.78. The molecule has 2 aromatic rings. The largest absolute Gasteiger partial charge is 0.361 e. The number of nitriles is 1. The first kappa shape index (κ1) is 17.3. The molecule has 0 N–H and O–H groups in total. The zero-order valence-electron chi connectivity index (χ0n) is 16.1. The molecule has 2 aromatic heterocycles. The monoisotopic (exact) mass is 349 g/mol. The van der Waals surface area contributed by atoms with Gasteiger partial charge in [-0.15, -0.1) is 0 Å². The summed E-state index contributed by atoms with van der Waals surface area (Å²) in [5.74, 6) is 1.85. The van der Waals surface area contributed by atoms with Gasteiger partial charge in [-0.25, -0.2) is 0 Å². The second-order valence-electron chi connectivity index (χ2n) is 8.17. The van der Waals surface area contributed by atoms with Gasteiger partial charge in [0, 0.05) is 22.7 Å². The molecular formula is C22H27N3O. The van der Waals surface area contributed by atoms with Crippen LogP contribution in [0.4, 0.5) is 0 Å². The molecule has 2 heterocycles. The maximum Gasteiger partial charge on any atom is 0.141 e. The van der Waals surface area contributed by atoms with Gasteiger partial charge in [0.15, 0.2) is 0 Å². The zero-order valence-corrected chi connectivity index (χ0v) is 16.1. The molecule has 2 aliphatic carbocycles. The first-order chi connectivity index (χ1) is 12.6. The molecule has 1 fully saturated rings. The summed E-state index contributed by atoms with van der Waals surface area (Å²) in [6.07, 6.45) is 9.27. The Morgan fingerprint density at radius 2 is 1.85 bits per heavy atom. The minimum atomic E-state index is 0.419. The maximum atomic E-state index is 10.1. The summed E-state index contributed by atoms with van der Waals surface area (Å²) in [7, 11) is 0. The third-order valence-corrected chi connectivity index (χ3v) is 6.23. The summed E-state index contributed by atoms with van der Waals surface area (Å²) in [6, 6.07) is 2.54. The molecule has 0 bridgehead atoms. The number of fused-ring (bicyclic) bond motifs is 1. The summed E-state index contributed by atoms with van der Waals surface area (Å²) < 4.78 is 5.47. The Balaban J connectivity index is 1.99. The van der Waals surface area contributed by atoms with Gasteiger partial charge in [-0.3, -0.25) is 4.98 Å². The minimum Gasteiger partial charge on any atom is -0.361 e. The third kappa shape index (κ3) is 2.84. The Hall–Kier alpha value is -2.15. The van der Waals surface area contributed by atoms with E-state index in [1.165, 1.54) is 36.9 Å². The van der Waals surface area contributed by atoms with E-state index in [1.807, 2.05) is 13.8 Å². The van der Waals surface area contributed by atoms with Crippen LogP contribution in [0.5, 0.6) is 0 Å². The molecule has 4 heteroatoms. The lowest BCUT2D eigenvalue weighted by Gasteiger charge is -2.29. The van der Waals surface area contributed by atoms with Gasteiger partial charge in [-0.05, 0) is 57.4 Å². The van der Waals surface area contributed by atoms with Crippen molar-refractivity contribution in [3.63, 3.8) is 0 Å². The fourth-order valence-electron chi connectivity index (χ4n) is 4.85. The molecular weight excluding hydrogens is 322 g/mol. The molecule has 4 nitrogen and oxygen atoms in total. The fraction of sp³-hybridized carbons (Fsp3) is 0.591. The van der Waals surface area contributed by atoms with Gasteiger partial charge in [0.1, 0.15) is 11.8 Å². The van der Waals surface area contributed by atoms with Crippen LogP contribution in [0, 0.1) is 31.1 Å². The van der Waals surface area contributed by atoms with E-state index in [0.29, 0.717) is 11.8 Å². The highest BCUT2D eigenvalue weighted by Gasteiger charge is 2.31. The van der Waals surface area contributed by atoms with Gasteiger partial charge in [-0.2, -0.15) is 5.26 Å². The smallest absolute Gasteiger partial charge is 0.141 e. The summed E-state index contributed by atoms with van der Waals surface area (Å²) >= 11 is 0. The van der Waals surface area contributed by atoms with Gasteiger partial charge < -0.3 is 4.52 Å². The SMILES string of the molecule is Cc1noc(C)c1-c1c(C#N)c(C2CCCCC2)nc2c1CC(C)CC2. The molecule has 0 amide bonds. The van der Waals surface area contributed by atoms with Gasteiger partial charge in [0.05, 0.1) is 17.0 Å². The van der Waals surface area contributed by atoms with E-state index in [2.05, 4.69) is 18.1 Å². The van der Waals surface area contributed by atoms with Crippen LogP contribution < -0.4 is 0 Å². The highest BCUT2D eigenvalue weighted by molar-refractivity contribution is 5.78. The number of hydrogen-bond donors (Lipinski definition) is 0. The average molecular weight is 349 g/mol. The Morgan fingerprint density at radius 3 is 2.50 bits per heavy atom. The Kier molecular flexibility index (Phi) is 4.56. The van der Waals surface area contributed by atoms with Crippen LogP contribution in [0.3, 0.4) is 0 Å². The normalized spacial score (nSPS) is 20.6. The van der Waals surface area contributed by atoms with Crippen LogP contribution in [0.25, 0.3) is 11.1 Å². The maximum absolute atomic E-state index is 10.1. The first-order valence-electron chi connectivity index (χ1n) is 9.99. The molecule has 0 radical (unpaired) electrons. The van der Waals surface area contributed by atoms with Crippen molar-refractivity contribution in [3.05, 3.63) is 34.0 Å². The number of hydrogen-bond acceptors (Lipinski definition) is 4. The van der Waals surface area contributed by atoms with Crippen molar-refractivity contribution < 1.29 is 4.52 Å². The molecule has 1 saturated carbocycles. The van der Waals surface area contributed by atoms with Crippen LogP contribution in [-0.2, 0) is 12.8 Å². The van der Waals surface area contributed by atoms with Gasteiger partial charge in [0.25, 0.3) is 0 Å². The number of rotatable bonds is 2. The van der Waals surface area contributed by atoms with Crippen LogP contribution in [0.2, 0.25) is 0 Å². The quantitative estimate of drug-likeness (QED) is 0.728. The van der Waals surface area contributed by atoms with Crippen molar-refractivity contribution >= 4 is 0 Å². The van der Waals surface area contributed by atoms with Crippen LogP contribution in [0.15, 0.2) is 4.52 Å². The number of nitrogens with zero attached hydrogens (tertiary/aromatic N) is 3. The zero-order chi connectivity index (χ0) is 18.3. The average Bonchev–Trinajstić information content (AvgIpc) is 2.99. The predicted octanol–water partition coefficient (Wildman–Crippen LogP) is 5.40. The number of aromatic nitrogens is 2. The lowest BCUT2D eigenvalue weighted by Crippen LogP contribution is -2.19. The van der Waals surface area contributed by atoms with Crippen molar-refractivity contribution in [3.8, 4) is 17.2 Å². The van der Waals surface area contributed by atoms with E-state index in [0.717, 1.165) is 59.5 Å². The van der Waals surface area contributed by atoms with Crippen molar-refractivity contribution in [2.45, 2.75) is 78.1 Å². The first-order valence-corrected chi connectivity index (χ1v) is 9.99. The fourth-order valence-corrected chi connectivity index (χ4v) is 4.85. The predicted molar refractivity (Wildman–Crippen MR) is 101 cm³/mol. The Bertz CT molecular complexity index is 849. The minimum absolute atomic E-state index is 0.419. The van der Waals surface area contributed by atoms with Gasteiger partial charge in [0.2, 0.25) is 0 Å². The number of aryl methyl sites for hydroxylation is 3. The molecule has 0 aromatic carbocycles. The second-order valence-corrected chi connectivity index (χ2v) is 8.17. The van der Waals surface area contributed by atoms with Gasteiger partial charge in [-0.1, -0.05) is 31.3 Å². The molecule has 0 saturated heterocycles. The lowest BCUT2D eigenvalue weighted by molar-refractivity contribution is 0.393. The molecule has 0 spiro atoms. The molecule has 1 unspecified atom stereocenters. The van der Waals surface area contributed by atoms with Crippen LogP contribution in [-0.4, -0.2) is 10.1 Å². The van der Waals surface area contributed by atoms with E-state index in [-0.39, 0.29) is 0 Å². The third-order valence-electron chi connectivity index (χ3n) is 6.23. The molecule has 0 aliphatic heterocycles.